The number of sulfonamides is 1. The molecule has 18 heavy (non-hydrogen) atoms. The van der Waals surface area contributed by atoms with Crippen molar-refractivity contribution in [3.05, 3.63) is 29.8 Å². The van der Waals surface area contributed by atoms with Crippen LogP contribution in [0.4, 0.5) is 0 Å². The number of nitrogens with zero attached hydrogens (tertiary/aromatic N) is 1. The fourth-order valence-corrected chi connectivity index (χ4v) is 3.96. The molecule has 4 nitrogen and oxygen atoms in total. The molecule has 1 aliphatic rings. The highest BCUT2D eigenvalue weighted by atomic mass is 32.2. The van der Waals surface area contributed by atoms with Gasteiger partial charge in [0.2, 0.25) is 0 Å². The van der Waals surface area contributed by atoms with E-state index < -0.39 is 10.0 Å². The van der Waals surface area contributed by atoms with Gasteiger partial charge in [-0.2, -0.15) is 11.8 Å². The van der Waals surface area contributed by atoms with Crippen LogP contribution in [-0.4, -0.2) is 37.5 Å². The number of nitrogens with one attached hydrogen (secondary N) is 1. The van der Waals surface area contributed by atoms with Gasteiger partial charge in [-0.1, -0.05) is 24.6 Å². The minimum atomic E-state index is -3.43. The van der Waals surface area contributed by atoms with Crippen molar-refractivity contribution in [3.8, 4) is 0 Å². The molecule has 0 radical (unpaired) electrons. The molecule has 1 aliphatic heterocycles. The third-order valence-electron chi connectivity index (χ3n) is 2.82. The van der Waals surface area contributed by atoms with Crippen LogP contribution in [0, 0.1) is 6.92 Å². The summed E-state index contributed by atoms with van der Waals surface area (Å²) in [5.74, 6) is 0.956. The number of aryl methyl sites for hydroxylation is 1. The standard InChI is InChI=1S/C12H18N2O2S2/c1-10-3-5-12(6-4-10)18(15,16)13-14-7-8-17-11(2)9-14/h3-6,11,13H,7-9H2,1-2H3. The number of hydrogen-bond acceptors (Lipinski definition) is 4. The second-order valence-electron chi connectivity index (χ2n) is 4.54. The molecule has 1 aromatic carbocycles. The smallest absolute Gasteiger partial charge is 0.229 e. The van der Waals surface area contributed by atoms with Gasteiger partial charge in [0.05, 0.1) is 4.90 Å². The molecule has 1 heterocycles. The zero-order chi connectivity index (χ0) is 13.2. The zero-order valence-electron chi connectivity index (χ0n) is 10.6. The molecule has 0 spiro atoms. The van der Waals surface area contributed by atoms with E-state index in [1.54, 1.807) is 17.1 Å². The van der Waals surface area contributed by atoms with Crippen LogP contribution >= 0.6 is 11.8 Å². The maximum Gasteiger partial charge on any atom is 0.253 e. The molecule has 0 amide bonds. The number of hydrazine groups is 1. The average molecular weight is 286 g/mol. The Hall–Kier alpha value is -0.560. The molecule has 0 bridgehead atoms. The summed E-state index contributed by atoms with van der Waals surface area (Å²) in [5.41, 5.74) is 1.05. The van der Waals surface area contributed by atoms with Crippen molar-refractivity contribution >= 4 is 21.8 Å². The summed E-state index contributed by atoms with van der Waals surface area (Å²) < 4.78 is 24.3. The molecule has 1 aromatic rings. The molecule has 1 N–H and O–H groups in total. The van der Waals surface area contributed by atoms with Crippen LogP contribution in [0.15, 0.2) is 29.2 Å². The first-order valence-electron chi connectivity index (χ1n) is 5.93. The van der Waals surface area contributed by atoms with Crippen LogP contribution < -0.4 is 4.83 Å². The largest absolute Gasteiger partial charge is 0.253 e. The number of benzene rings is 1. The second kappa shape index (κ2) is 5.61. The highest BCUT2D eigenvalue weighted by molar-refractivity contribution is 8.00. The van der Waals surface area contributed by atoms with E-state index in [4.69, 9.17) is 0 Å². The summed E-state index contributed by atoms with van der Waals surface area (Å²) in [4.78, 5) is 2.97. The van der Waals surface area contributed by atoms with E-state index in [1.807, 2.05) is 30.8 Å². The fraction of sp³-hybridized carbons (Fsp3) is 0.500. The van der Waals surface area contributed by atoms with Crippen molar-refractivity contribution < 1.29 is 8.42 Å². The number of hydrogen-bond donors (Lipinski definition) is 1. The minimum Gasteiger partial charge on any atom is -0.229 e. The van der Waals surface area contributed by atoms with E-state index in [-0.39, 0.29) is 0 Å². The summed E-state index contributed by atoms with van der Waals surface area (Å²) in [6, 6.07) is 6.89. The van der Waals surface area contributed by atoms with Gasteiger partial charge in [-0.25, -0.2) is 13.4 Å². The lowest BCUT2D eigenvalue weighted by Gasteiger charge is -2.30. The van der Waals surface area contributed by atoms with E-state index in [0.29, 0.717) is 10.1 Å². The molecule has 2 rings (SSSR count). The first-order valence-corrected chi connectivity index (χ1v) is 8.46. The molecule has 0 aromatic heterocycles. The Morgan fingerprint density at radius 1 is 1.33 bits per heavy atom. The summed E-state index contributed by atoms with van der Waals surface area (Å²) in [6.07, 6.45) is 0. The molecule has 1 unspecified atom stereocenters. The van der Waals surface area contributed by atoms with Crippen molar-refractivity contribution in [2.45, 2.75) is 24.0 Å². The second-order valence-corrected chi connectivity index (χ2v) is 7.74. The SMILES string of the molecule is Cc1ccc(S(=O)(=O)NN2CCSC(C)C2)cc1. The van der Waals surface area contributed by atoms with E-state index >= 15 is 0 Å². The van der Waals surface area contributed by atoms with Gasteiger partial charge in [-0.15, -0.1) is 4.83 Å². The van der Waals surface area contributed by atoms with E-state index in [9.17, 15) is 8.42 Å². The van der Waals surface area contributed by atoms with Crippen LogP contribution in [0.5, 0.6) is 0 Å². The highest BCUT2D eigenvalue weighted by Crippen LogP contribution is 2.18. The Balaban J connectivity index is 2.09. The van der Waals surface area contributed by atoms with Crippen LogP contribution in [0.3, 0.4) is 0 Å². The summed E-state index contributed by atoms with van der Waals surface area (Å²) in [5, 5.41) is 2.25. The van der Waals surface area contributed by atoms with Crippen LogP contribution in [0.1, 0.15) is 12.5 Å². The average Bonchev–Trinajstić information content (AvgIpc) is 2.29. The number of rotatable bonds is 3. The van der Waals surface area contributed by atoms with E-state index in [0.717, 1.165) is 24.4 Å². The Morgan fingerprint density at radius 2 is 2.00 bits per heavy atom. The van der Waals surface area contributed by atoms with Crippen molar-refractivity contribution in [2.24, 2.45) is 0 Å². The van der Waals surface area contributed by atoms with Gasteiger partial charge in [0.15, 0.2) is 0 Å². The Kier molecular flexibility index (Phi) is 4.32. The lowest BCUT2D eigenvalue weighted by molar-refractivity contribution is 0.252. The summed E-state index contributed by atoms with van der Waals surface area (Å²) >= 11 is 1.87. The molecular weight excluding hydrogens is 268 g/mol. The molecule has 100 valence electrons. The first kappa shape index (κ1) is 13.9. The van der Waals surface area contributed by atoms with Crippen molar-refractivity contribution in [1.82, 2.24) is 9.84 Å². The van der Waals surface area contributed by atoms with Crippen LogP contribution in [0.25, 0.3) is 0 Å². The number of thioether (sulfide) groups is 1. The summed E-state index contributed by atoms with van der Waals surface area (Å²) in [6.45, 7) is 5.54. The van der Waals surface area contributed by atoms with Crippen molar-refractivity contribution in [2.75, 3.05) is 18.8 Å². The maximum absolute atomic E-state index is 12.2. The van der Waals surface area contributed by atoms with Gasteiger partial charge in [-0.05, 0) is 19.1 Å². The van der Waals surface area contributed by atoms with Gasteiger partial charge in [0.25, 0.3) is 10.0 Å². The third-order valence-corrected chi connectivity index (χ3v) is 5.35. The minimum absolute atomic E-state index is 0.318. The topological polar surface area (TPSA) is 49.4 Å². The normalized spacial score (nSPS) is 22.0. The van der Waals surface area contributed by atoms with Gasteiger partial charge in [0.1, 0.15) is 0 Å². The lowest BCUT2D eigenvalue weighted by Crippen LogP contribution is -2.48. The molecule has 1 atom stereocenters. The highest BCUT2D eigenvalue weighted by Gasteiger charge is 2.22. The Morgan fingerprint density at radius 3 is 2.61 bits per heavy atom. The lowest BCUT2D eigenvalue weighted by atomic mass is 10.2. The van der Waals surface area contributed by atoms with Gasteiger partial charge in [0, 0.05) is 24.1 Å². The Bertz CT molecular complexity index is 499. The van der Waals surface area contributed by atoms with Gasteiger partial charge < -0.3 is 0 Å². The monoisotopic (exact) mass is 286 g/mol. The van der Waals surface area contributed by atoms with Gasteiger partial charge >= 0.3 is 0 Å². The van der Waals surface area contributed by atoms with Crippen LogP contribution in [0.2, 0.25) is 0 Å². The predicted molar refractivity (Wildman–Crippen MR) is 75.0 cm³/mol. The predicted octanol–water partition coefficient (Wildman–Crippen LogP) is 1.63. The van der Waals surface area contributed by atoms with E-state index in [1.165, 1.54) is 0 Å². The molecule has 6 heteroatoms. The molecular formula is C12H18N2O2S2. The molecule has 1 fully saturated rings. The third kappa shape index (κ3) is 3.47. The fourth-order valence-electron chi connectivity index (χ4n) is 1.84. The van der Waals surface area contributed by atoms with Gasteiger partial charge in [-0.3, -0.25) is 0 Å². The van der Waals surface area contributed by atoms with E-state index in [2.05, 4.69) is 11.8 Å². The molecule has 1 saturated heterocycles. The molecule has 0 saturated carbocycles. The summed E-state index contributed by atoms with van der Waals surface area (Å²) in [7, 11) is -3.43. The molecule has 0 aliphatic carbocycles. The van der Waals surface area contributed by atoms with Crippen molar-refractivity contribution in [3.63, 3.8) is 0 Å². The zero-order valence-corrected chi connectivity index (χ0v) is 12.2. The maximum atomic E-state index is 12.2. The van der Waals surface area contributed by atoms with Crippen LogP contribution in [-0.2, 0) is 10.0 Å². The van der Waals surface area contributed by atoms with Crippen molar-refractivity contribution in [1.29, 1.82) is 0 Å². The Labute approximate surface area is 113 Å². The quantitative estimate of drug-likeness (QED) is 0.917. The first-order chi connectivity index (χ1) is 8.47.